The number of nitrogens with zero attached hydrogens (tertiary/aromatic N) is 2. The Morgan fingerprint density at radius 3 is 2.61 bits per heavy atom. The molecule has 0 aliphatic carbocycles. The van der Waals surface area contributed by atoms with Gasteiger partial charge in [-0.05, 0) is 27.2 Å². The zero-order valence-electron chi connectivity index (χ0n) is 10.8. The van der Waals surface area contributed by atoms with Crippen molar-refractivity contribution >= 4 is 11.9 Å². The van der Waals surface area contributed by atoms with Crippen LogP contribution in [0.3, 0.4) is 0 Å². The lowest BCUT2D eigenvalue weighted by atomic mass is 10.2. The van der Waals surface area contributed by atoms with Crippen molar-refractivity contribution in [2.24, 2.45) is 0 Å². The number of hydrogen-bond acceptors (Lipinski definition) is 4. The Labute approximate surface area is 106 Å². The van der Waals surface area contributed by atoms with Gasteiger partial charge in [-0.2, -0.15) is 0 Å². The van der Waals surface area contributed by atoms with Gasteiger partial charge in [-0.1, -0.05) is 5.16 Å². The van der Waals surface area contributed by atoms with E-state index < -0.39 is 5.97 Å². The average Bonchev–Trinajstić information content (AvgIpc) is 2.69. The maximum atomic E-state index is 12.1. The summed E-state index contributed by atoms with van der Waals surface area (Å²) in [7, 11) is 0. The third-order valence-electron chi connectivity index (χ3n) is 2.51. The summed E-state index contributed by atoms with van der Waals surface area (Å²) in [6, 6.07) is 1.56. The molecule has 0 aliphatic rings. The molecular weight excluding hydrogens is 236 g/mol. The first-order valence-corrected chi connectivity index (χ1v) is 5.88. The van der Waals surface area contributed by atoms with E-state index in [0.717, 1.165) is 0 Å². The van der Waals surface area contributed by atoms with Crippen molar-refractivity contribution in [3.8, 4) is 0 Å². The number of carbonyl (C=O) groups is 2. The van der Waals surface area contributed by atoms with Crippen molar-refractivity contribution in [2.45, 2.75) is 39.7 Å². The van der Waals surface area contributed by atoms with Crippen LogP contribution in [0.1, 0.15) is 42.9 Å². The van der Waals surface area contributed by atoms with Crippen LogP contribution in [0.5, 0.6) is 0 Å². The smallest absolute Gasteiger partial charge is 0.303 e. The minimum Gasteiger partial charge on any atom is -0.481 e. The lowest BCUT2D eigenvalue weighted by molar-refractivity contribution is -0.137. The Kier molecular flexibility index (Phi) is 4.88. The van der Waals surface area contributed by atoms with Gasteiger partial charge in [0.1, 0.15) is 0 Å². The number of aliphatic carboxylic acids is 1. The molecule has 1 heterocycles. The van der Waals surface area contributed by atoms with E-state index in [9.17, 15) is 9.59 Å². The van der Waals surface area contributed by atoms with Crippen LogP contribution in [0.25, 0.3) is 0 Å². The van der Waals surface area contributed by atoms with Gasteiger partial charge in [-0.3, -0.25) is 9.59 Å². The number of aryl methyl sites for hydroxylation is 1. The Bertz CT molecular complexity index is 425. The average molecular weight is 254 g/mol. The number of aromatic nitrogens is 1. The molecular formula is C12H18N2O4. The van der Waals surface area contributed by atoms with Crippen LogP contribution >= 0.6 is 0 Å². The molecule has 0 saturated heterocycles. The third kappa shape index (κ3) is 3.87. The van der Waals surface area contributed by atoms with E-state index in [1.54, 1.807) is 17.9 Å². The highest BCUT2D eigenvalue weighted by Crippen LogP contribution is 2.11. The quantitative estimate of drug-likeness (QED) is 0.835. The fourth-order valence-corrected chi connectivity index (χ4v) is 1.60. The van der Waals surface area contributed by atoms with Crippen molar-refractivity contribution in [3.63, 3.8) is 0 Å². The minimum atomic E-state index is -0.860. The van der Waals surface area contributed by atoms with Crippen molar-refractivity contribution < 1.29 is 19.2 Å². The van der Waals surface area contributed by atoms with Gasteiger partial charge in [0.05, 0.1) is 5.69 Å². The van der Waals surface area contributed by atoms with E-state index in [1.807, 2.05) is 13.8 Å². The highest BCUT2D eigenvalue weighted by molar-refractivity contribution is 5.91. The van der Waals surface area contributed by atoms with Gasteiger partial charge in [0.15, 0.2) is 0 Å². The van der Waals surface area contributed by atoms with Crippen LogP contribution in [-0.2, 0) is 4.79 Å². The summed E-state index contributed by atoms with van der Waals surface area (Å²) in [6.07, 6.45) is 0.471. The van der Waals surface area contributed by atoms with Crippen LogP contribution in [0, 0.1) is 6.92 Å². The molecule has 1 rings (SSSR count). The molecule has 0 spiro atoms. The Hall–Kier alpha value is -1.85. The zero-order valence-corrected chi connectivity index (χ0v) is 10.8. The molecule has 0 radical (unpaired) electrons. The Morgan fingerprint density at radius 1 is 1.50 bits per heavy atom. The lowest BCUT2D eigenvalue weighted by Crippen LogP contribution is -2.37. The summed E-state index contributed by atoms with van der Waals surface area (Å²) < 4.78 is 4.93. The molecule has 0 bridgehead atoms. The number of carboxylic acid groups (broad SMARTS) is 1. The second-order valence-corrected chi connectivity index (χ2v) is 4.42. The van der Waals surface area contributed by atoms with Crippen molar-refractivity contribution in [2.75, 3.05) is 6.54 Å². The maximum Gasteiger partial charge on any atom is 0.303 e. The predicted molar refractivity (Wildman–Crippen MR) is 64.3 cm³/mol. The molecule has 1 aromatic rings. The lowest BCUT2D eigenvalue weighted by Gasteiger charge is -2.25. The molecule has 0 fully saturated rings. The summed E-state index contributed by atoms with van der Waals surface area (Å²) in [5.74, 6) is -0.922. The normalized spacial score (nSPS) is 10.7. The van der Waals surface area contributed by atoms with E-state index in [2.05, 4.69) is 5.16 Å². The Morgan fingerprint density at radius 2 is 2.17 bits per heavy atom. The van der Waals surface area contributed by atoms with E-state index in [4.69, 9.17) is 9.63 Å². The van der Waals surface area contributed by atoms with E-state index in [-0.39, 0.29) is 24.1 Å². The first-order valence-electron chi connectivity index (χ1n) is 5.88. The zero-order chi connectivity index (χ0) is 13.7. The summed E-state index contributed by atoms with van der Waals surface area (Å²) in [6.45, 7) is 5.89. The fourth-order valence-electron chi connectivity index (χ4n) is 1.60. The van der Waals surface area contributed by atoms with Gasteiger partial charge in [-0.15, -0.1) is 0 Å². The second-order valence-electron chi connectivity index (χ2n) is 4.42. The number of amides is 1. The molecule has 0 unspecified atom stereocenters. The molecule has 18 heavy (non-hydrogen) atoms. The van der Waals surface area contributed by atoms with Crippen molar-refractivity contribution in [1.29, 1.82) is 0 Å². The van der Waals surface area contributed by atoms with Gasteiger partial charge in [0.2, 0.25) is 5.76 Å². The van der Waals surface area contributed by atoms with Crippen molar-refractivity contribution in [3.05, 3.63) is 17.5 Å². The highest BCUT2D eigenvalue weighted by atomic mass is 16.5. The molecule has 1 amide bonds. The van der Waals surface area contributed by atoms with Crippen molar-refractivity contribution in [1.82, 2.24) is 10.1 Å². The van der Waals surface area contributed by atoms with Gasteiger partial charge < -0.3 is 14.5 Å². The van der Waals surface area contributed by atoms with Crippen LogP contribution in [0.4, 0.5) is 0 Å². The summed E-state index contributed by atoms with van der Waals surface area (Å²) in [5.41, 5.74) is 0.646. The summed E-state index contributed by atoms with van der Waals surface area (Å²) in [4.78, 5) is 24.2. The number of carbonyl (C=O) groups excluding carboxylic acids is 1. The van der Waals surface area contributed by atoms with Gasteiger partial charge >= 0.3 is 5.97 Å². The van der Waals surface area contributed by atoms with E-state index >= 15 is 0 Å². The molecule has 0 aliphatic heterocycles. The van der Waals surface area contributed by atoms with Crippen LogP contribution in [-0.4, -0.2) is 39.6 Å². The molecule has 6 nitrogen and oxygen atoms in total. The molecule has 1 N–H and O–H groups in total. The van der Waals surface area contributed by atoms with Gasteiger partial charge in [0.25, 0.3) is 5.91 Å². The van der Waals surface area contributed by atoms with Crippen LogP contribution < -0.4 is 0 Å². The van der Waals surface area contributed by atoms with Gasteiger partial charge in [-0.25, -0.2) is 0 Å². The van der Waals surface area contributed by atoms with Crippen LogP contribution in [0.2, 0.25) is 0 Å². The Balaban J connectivity index is 2.67. The van der Waals surface area contributed by atoms with Gasteiger partial charge in [0, 0.05) is 25.1 Å². The minimum absolute atomic E-state index is 0.0169. The topological polar surface area (TPSA) is 83.6 Å². The molecule has 0 aromatic carbocycles. The summed E-state index contributed by atoms with van der Waals surface area (Å²) >= 11 is 0. The molecule has 1 aromatic heterocycles. The second kappa shape index (κ2) is 6.18. The largest absolute Gasteiger partial charge is 0.481 e. The molecule has 0 atom stereocenters. The standard InChI is InChI=1S/C12H18N2O4/c1-8(2)14(6-4-5-11(15)16)12(17)10-7-9(3)13-18-10/h7-8H,4-6H2,1-3H3,(H,15,16). The number of carboxylic acids is 1. The fraction of sp³-hybridized carbons (Fsp3) is 0.583. The predicted octanol–water partition coefficient (Wildman–Crippen LogP) is 1.70. The number of rotatable bonds is 6. The molecule has 0 saturated carbocycles. The first-order chi connectivity index (χ1) is 8.41. The highest BCUT2D eigenvalue weighted by Gasteiger charge is 2.22. The molecule has 6 heteroatoms. The third-order valence-corrected chi connectivity index (χ3v) is 2.51. The first kappa shape index (κ1) is 14.2. The van der Waals surface area contributed by atoms with E-state index in [0.29, 0.717) is 18.7 Å². The monoisotopic (exact) mass is 254 g/mol. The SMILES string of the molecule is Cc1cc(C(=O)N(CCCC(=O)O)C(C)C)on1. The number of hydrogen-bond donors (Lipinski definition) is 1. The summed E-state index contributed by atoms with van der Waals surface area (Å²) in [5, 5.41) is 12.3. The van der Waals surface area contributed by atoms with E-state index in [1.165, 1.54) is 0 Å². The maximum absolute atomic E-state index is 12.1. The van der Waals surface area contributed by atoms with Crippen LogP contribution in [0.15, 0.2) is 10.6 Å². The molecule has 100 valence electrons.